The first-order chi connectivity index (χ1) is 7.56. The van der Waals surface area contributed by atoms with Crippen molar-refractivity contribution < 1.29 is 19.7 Å². The number of nitrogens with zero attached hydrogens (tertiary/aromatic N) is 1. The van der Waals surface area contributed by atoms with Gasteiger partial charge in [0, 0.05) is 32.7 Å². The van der Waals surface area contributed by atoms with Crippen molar-refractivity contribution in [1.29, 1.82) is 0 Å². The Kier molecular flexibility index (Phi) is 4.07. The topological polar surface area (TPSA) is 88.8 Å². The SMILES string of the molecule is COCCCn1cc(O)c(=O)c(C(=O)O)c1. The van der Waals surface area contributed by atoms with Gasteiger partial charge in [-0.25, -0.2) is 4.79 Å². The van der Waals surface area contributed by atoms with Gasteiger partial charge in [0.15, 0.2) is 5.75 Å². The highest BCUT2D eigenvalue weighted by Gasteiger charge is 2.12. The number of pyridine rings is 1. The van der Waals surface area contributed by atoms with Gasteiger partial charge in [-0.2, -0.15) is 0 Å². The maximum Gasteiger partial charge on any atom is 0.341 e. The van der Waals surface area contributed by atoms with Gasteiger partial charge in [-0.3, -0.25) is 4.79 Å². The normalized spacial score (nSPS) is 10.3. The number of carbonyl (C=O) groups is 1. The van der Waals surface area contributed by atoms with Gasteiger partial charge >= 0.3 is 5.97 Å². The van der Waals surface area contributed by atoms with Crippen LogP contribution in [0.2, 0.25) is 0 Å². The molecule has 0 saturated heterocycles. The van der Waals surface area contributed by atoms with Crippen molar-refractivity contribution in [2.24, 2.45) is 0 Å². The van der Waals surface area contributed by atoms with Crippen LogP contribution >= 0.6 is 0 Å². The Labute approximate surface area is 91.7 Å². The Morgan fingerprint density at radius 1 is 1.50 bits per heavy atom. The summed E-state index contributed by atoms with van der Waals surface area (Å²) in [6.45, 7) is 0.997. The van der Waals surface area contributed by atoms with E-state index in [1.54, 1.807) is 7.11 Å². The van der Waals surface area contributed by atoms with Crippen molar-refractivity contribution in [3.05, 3.63) is 28.2 Å². The molecular formula is C10H13NO5. The predicted molar refractivity (Wildman–Crippen MR) is 55.8 cm³/mol. The zero-order valence-corrected chi connectivity index (χ0v) is 8.84. The van der Waals surface area contributed by atoms with Crippen LogP contribution in [0.25, 0.3) is 0 Å². The van der Waals surface area contributed by atoms with Gasteiger partial charge in [0.2, 0.25) is 5.43 Å². The maximum atomic E-state index is 11.2. The first kappa shape index (κ1) is 12.3. The summed E-state index contributed by atoms with van der Waals surface area (Å²) in [5.74, 6) is -1.90. The highest BCUT2D eigenvalue weighted by atomic mass is 16.5. The molecule has 16 heavy (non-hydrogen) atoms. The van der Waals surface area contributed by atoms with E-state index in [0.29, 0.717) is 19.6 Å². The highest BCUT2D eigenvalue weighted by Crippen LogP contribution is 2.04. The van der Waals surface area contributed by atoms with Crippen molar-refractivity contribution in [1.82, 2.24) is 4.57 Å². The summed E-state index contributed by atoms with van der Waals surface area (Å²) in [4.78, 5) is 21.9. The van der Waals surface area contributed by atoms with E-state index in [1.165, 1.54) is 17.0 Å². The number of methoxy groups -OCH3 is 1. The fourth-order valence-electron chi connectivity index (χ4n) is 1.29. The minimum atomic E-state index is -1.35. The van der Waals surface area contributed by atoms with Crippen molar-refractivity contribution >= 4 is 5.97 Å². The largest absolute Gasteiger partial charge is 0.503 e. The fraction of sp³-hybridized carbons (Fsp3) is 0.400. The second kappa shape index (κ2) is 5.32. The number of ether oxygens (including phenoxy) is 1. The van der Waals surface area contributed by atoms with Crippen LogP contribution in [0.5, 0.6) is 5.75 Å². The number of aromatic hydroxyl groups is 1. The maximum absolute atomic E-state index is 11.2. The van der Waals surface area contributed by atoms with E-state index in [-0.39, 0.29) is 0 Å². The molecule has 0 fully saturated rings. The molecule has 0 bridgehead atoms. The summed E-state index contributed by atoms with van der Waals surface area (Å²) in [5.41, 5.74) is -1.30. The van der Waals surface area contributed by atoms with E-state index in [9.17, 15) is 14.7 Å². The minimum Gasteiger partial charge on any atom is -0.503 e. The van der Waals surface area contributed by atoms with Crippen LogP contribution in [0, 0.1) is 0 Å². The summed E-state index contributed by atoms with van der Waals surface area (Å²) in [5, 5.41) is 18.0. The first-order valence-electron chi connectivity index (χ1n) is 4.71. The van der Waals surface area contributed by atoms with Crippen LogP contribution < -0.4 is 5.43 Å². The Morgan fingerprint density at radius 3 is 2.75 bits per heavy atom. The second-order valence-electron chi connectivity index (χ2n) is 3.28. The number of rotatable bonds is 5. The summed E-state index contributed by atoms with van der Waals surface area (Å²) >= 11 is 0. The van der Waals surface area contributed by atoms with Gasteiger partial charge in [0.25, 0.3) is 0 Å². The molecule has 1 aromatic heterocycles. The molecule has 0 atom stereocenters. The lowest BCUT2D eigenvalue weighted by Gasteiger charge is -2.07. The van der Waals surface area contributed by atoms with Crippen molar-refractivity contribution in [2.75, 3.05) is 13.7 Å². The lowest BCUT2D eigenvalue weighted by molar-refractivity contribution is 0.0693. The lowest BCUT2D eigenvalue weighted by atomic mass is 10.2. The number of aryl methyl sites for hydroxylation is 1. The third-order valence-electron chi connectivity index (χ3n) is 2.06. The van der Waals surface area contributed by atoms with Gasteiger partial charge < -0.3 is 19.5 Å². The van der Waals surface area contributed by atoms with E-state index >= 15 is 0 Å². The predicted octanol–water partition coefficient (Wildman–Crippen LogP) is 0.289. The Balaban J connectivity index is 2.95. The number of carboxylic acids is 1. The van der Waals surface area contributed by atoms with E-state index in [2.05, 4.69) is 0 Å². The molecule has 0 amide bonds. The number of hydrogen-bond donors (Lipinski definition) is 2. The van der Waals surface area contributed by atoms with Crippen LogP contribution in [0.4, 0.5) is 0 Å². The van der Waals surface area contributed by atoms with E-state index in [0.717, 1.165) is 0 Å². The van der Waals surface area contributed by atoms with Gasteiger partial charge in [0.1, 0.15) is 5.56 Å². The Bertz CT molecular complexity index is 437. The third kappa shape index (κ3) is 2.83. The molecular weight excluding hydrogens is 214 g/mol. The van der Waals surface area contributed by atoms with E-state index in [1.807, 2.05) is 0 Å². The molecule has 1 rings (SSSR count). The van der Waals surface area contributed by atoms with Gasteiger partial charge in [-0.15, -0.1) is 0 Å². The minimum absolute atomic E-state index is 0.433. The summed E-state index contributed by atoms with van der Waals surface area (Å²) in [6, 6.07) is 0. The number of aromatic nitrogens is 1. The highest BCUT2D eigenvalue weighted by molar-refractivity contribution is 5.87. The molecule has 88 valence electrons. The van der Waals surface area contributed by atoms with Gasteiger partial charge in [-0.1, -0.05) is 0 Å². The molecule has 0 unspecified atom stereocenters. The van der Waals surface area contributed by atoms with E-state index in [4.69, 9.17) is 9.84 Å². The van der Waals surface area contributed by atoms with Crippen LogP contribution in [0.15, 0.2) is 17.2 Å². The van der Waals surface area contributed by atoms with Crippen LogP contribution in [0.3, 0.4) is 0 Å². The monoisotopic (exact) mass is 227 g/mol. The molecule has 0 radical (unpaired) electrons. The number of hydrogen-bond acceptors (Lipinski definition) is 4. The lowest BCUT2D eigenvalue weighted by Crippen LogP contribution is -2.17. The average Bonchev–Trinajstić information content (AvgIpc) is 2.23. The Morgan fingerprint density at radius 2 is 2.19 bits per heavy atom. The molecule has 0 saturated carbocycles. The van der Waals surface area contributed by atoms with Crippen molar-refractivity contribution in [2.45, 2.75) is 13.0 Å². The van der Waals surface area contributed by atoms with Crippen LogP contribution in [-0.4, -0.2) is 34.5 Å². The fourth-order valence-corrected chi connectivity index (χ4v) is 1.29. The molecule has 0 spiro atoms. The zero-order chi connectivity index (χ0) is 12.1. The number of aromatic carboxylic acids is 1. The molecule has 1 aromatic rings. The first-order valence-corrected chi connectivity index (χ1v) is 4.71. The molecule has 0 aliphatic carbocycles. The molecule has 6 nitrogen and oxygen atoms in total. The summed E-state index contributed by atoms with van der Waals surface area (Å²) in [7, 11) is 1.56. The summed E-state index contributed by atoms with van der Waals surface area (Å²) < 4.78 is 6.30. The molecule has 0 aliphatic heterocycles. The van der Waals surface area contributed by atoms with Crippen molar-refractivity contribution in [3.8, 4) is 5.75 Å². The standard InChI is InChI=1S/C10H13NO5/c1-16-4-2-3-11-5-7(10(14)15)9(13)8(12)6-11/h5-6,12H,2-4H2,1H3,(H,14,15). The van der Waals surface area contributed by atoms with E-state index < -0.39 is 22.7 Å². The van der Waals surface area contributed by atoms with Crippen LogP contribution in [-0.2, 0) is 11.3 Å². The van der Waals surface area contributed by atoms with Gasteiger partial charge in [-0.05, 0) is 6.42 Å². The van der Waals surface area contributed by atoms with Crippen molar-refractivity contribution in [3.63, 3.8) is 0 Å². The molecule has 1 heterocycles. The molecule has 6 heteroatoms. The smallest absolute Gasteiger partial charge is 0.341 e. The zero-order valence-electron chi connectivity index (χ0n) is 8.84. The van der Waals surface area contributed by atoms with Crippen LogP contribution in [0.1, 0.15) is 16.8 Å². The molecule has 0 aliphatic rings. The molecule has 0 aromatic carbocycles. The summed E-state index contributed by atoms with van der Waals surface area (Å²) in [6.07, 6.45) is 3.09. The second-order valence-corrected chi connectivity index (χ2v) is 3.28. The average molecular weight is 227 g/mol. The van der Waals surface area contributed by atoms with Gasteiger partial charge in [0.05, 0.1) is 0 Å². The number of carboxylic acid groups (broad SMARTS) is 1. The third-order valence-corrected chi connectivity index (χ3v) is 2.06. The molecule has 2 N–H and O–H groups in total. The quantitative estimate of drug-likeness (QED) is 0.706. The Hall–Kier alpha value is -1.82.